The zero-order chi connectivity index (χ0) is 13.5. The summed E-state index contributed by atoms with van der Waals surface area (Å²) < 4.78 is 4.94. The second kappa shape index (κ2) is 7.36. The number of carbonyl (C=O) groups is 1. The van der Waals surface area contributed by atoms with E-state index < -0.39 is 0 Å². The monoisotopic (exact) mass is 270 g/mol. The standard InChI is InChI=1S/C13H22N2O2S/c1-5-10(4)8-15(6-2)13-14-11(9-18-13)12(16)17-7-3/h9-10H,5-8H2,1-4H3. The molecule has 1 atom stereocenters. The topological polar surface area (TPSA) is 42.4 Å². The van der Waals surface area contributed by atoms with Crippen LogP contribution in [0.4, 0.5) is 5.13 Å². The van der Waals surface area contributed by atoms with Gasteiger partial charge in [-0.2, -0.15) is 0 Å². The summed E-state index contributed by atoms with van der Waals surface area (Å²) >= 11 is 1.50. The maximum absolute atomic E-state index is 11.6. The van der Waals surface area contributed by atoms with Crippen LogP contribution in [-0.2, 0) is 4.74 Å². The van der Waals surface area contributed by atoms with Crippen molar-refractivity contribution in [2.75, 3.05) is 24.6 Å². The summed E-state index contributed by atoms with van der Waals surface area (Å²) in [7, 11) is 0. The molecular formula is C13H22N2O2S. The molecule has 0 fully saturated rings. The zero-order valence-corrected chi connectivity index (χ0v) is 12.4. The summed E-state index contributed by atoms with van der Waals surface area (Å²) in [6.07, 6.45) is 1.15. The van der Waals surface area contributed by atoms with Crippen molar-refractivity contribution in [1.29, 1.82) is 0 Å². The van der Waals surface area contributed by atoms with Crippen LogP contribution >= 0.6 is 11.3 Å². The third-order valence-electron chi connectivity index (χ3n) is 2.86. The number of hydrogen-bond acceptors (Lipinski definition) is 5. The van der Waals surface area contributed by atoms with Gasteiger partial charge in [-0.3, -0.25) is 0 Å². The Morgan fingerprint density at radius 1 is 1.50 bits per heavy atom. The van der Waals surface area contributed by atoms with E-state index in [4.69, 9.17) is 4.74 Å². The number of esters is 1. The highest BCUT2D eigenvalue weighted by atomic mass is 32.1. The maximum atomic E-state index is 11.6. The van der Waals surface area contributed by atoms with Gasteiger partial charge in [0.25, 0.3) is 0 Å². The molecule has 1 unspecified atom stereocenters. The molecule has 0 radical (unpaired) electrons. The van der Waals surface area contributed by atoms with Gasteiger partial charge in [-0.25, -0.2) is 9.78 Å². The number of aromatic nitrogens is 1. The van der Waals surface area contributed by atoms with E-state index in [-0.39, 0.29) is 5.97 Å². The highest BCUT2D eigenvalue weighted by Crippen LogP contribution is 2.22. The lowest BCUT2D eigenvalue weighted by Gasteiger charge is -2.23. The highest BCUT2D eigenvalue weighted by Gasteiger charge is 2.16. The van der Waals surface area contributed by atoms with E-state index in [1.807, 2.05) is 0 Å². The van der Waals surface area contributed by atoms with Crippen molar-refractivity contribution in [2.24, 2.45) is 5.92 Å². The van der Waals surface area contributed by atoms with Gasteiger partial charge in [0.05, 0.1) is 6.61 Å². The molecule has 102 valence electrons. The summed E-state index contributed by atoms with van der Waals surface area (Å²) in [6.45, 7) is 10.6. The number of carbonyl (C=O) groups excluding carboxylic acids is 1. The molecule has 0 spiro atoms. The lowest BCUT2D eigenvalue weighted by molar-refractivity contribution is 0.0520. The molecule has 0 bridgehead atoms. The number of thiazole rings is 1. The molecule has 0 aromatic carbocycles. The molecule has 0 aliphatic rings. The minimum atomic E-state index is -0.334. The second-order valence-corrected chi connectivity index (χ2v) is 5.12. The Morgan fingerprint density at radius 3 is 2.78 bits per heavy atom. The second-order valence-electron chi connectivity index (χ2n) is 4.29. The van der Waals surface area contributed by atoms with Crippen molar-refractivity contribution in [2.45, 2.75) is 34.1 Å². The van der Waals surface area contributed by atoms with Gasteiger partial charge in [-0.15, -0.1) is 11.3 Å². The third kappa shape index (κ3) is 3.98. The average Bonchev–Trinajstić information content (AvgIpc) is 2.85. The van der Waals surface area contributed by atoms with E-state index in [0.717, 1.165) is 24.6 Å². The van der Waals surface area contributed by atoms with Crippen LogP contribution in [0.5, 0.6) is 0 Å². The Kier molecular flexibility index (Phi) is 6.12. The van der Waals surface area contributed by atoms with Crippen LogP contribution in [0.15, 0.2) is 5.38 Å². The first-order valence-corrected chi connectivity index (χ1v) is 7.37. The molecule has 4 nitrogen and oxygen atoms in total. The lowest BCUT2D eigenvalue weighted by Crippen LogP contribution is -2.28. The molecule has 0 saturated heterocycles. The van der Waals surface area contributed by atoms with Crippen molar-refractivity contribution in [3.63, 3.8) is 0 Å². The predicted octanol–water partition coefficient (Wildman–Crippen LogP) is 3.19. The van der Waals surface area contributed by atoms with E-state index in [9.17, 15) is 4.79 Å². The van der Waals surface area contributed by atoms with E-state index in [1.54, 1.807) is 12.3 Å². The van der Waals surface area contributed by atoms with E-state index in [2.05, 4.69) is 30.7 Å². The Balaban J connectivity index is 2.72. The van der Waals surface area contributed by atoms with Crippen LogP contribution in [0.2, 0.25) is 0 Å². The number of ether oxygens (including phenoxy) is 1. The Morgan fingerprint density at radius 2 is 2.22 bits per heavy atom. The van der Waals surface area contributed by atoms with Gasteiger partial charge in [-0.05, 0) is 19.8 Å². The summed E-state index contributed by atoms with van der Waals surface area (Å²) in [4.78, 5) is 18.1. The quantitative estimate of drug-likeness (QED) is 0.714. The predicted molar refractivity (Wildman–Crippen MR) is 75.4 cm³/mol. The number of anilines is 1. The Labute approximate surface area is 113 Å². The van der Waals surface area contributed by atoms with Crippen molar-refractivity contribution in [3.05, 3.63) is 11.1 Å². The molecule has 0 aliphatic heterocycles. The summed E-state index contributed by atoms with van der Waals surface area (Å²) in [6, 6.07) is 0. The Bertz CT molecular complexity index is 379. The number of hydrogen-bond donors (Lipinski definition) is 0. The van der Waals surface area contributed by atoms with Crippen molar-refractivity contribution in [3.8, 4) is 0 Å². The van der Waals surface area contributed by atoms with Crippen LogP contribution in [0.3, 0.4) is 0 Å². The normalized spacial score (nSPS) is 12.2. The van der Waals surface area contributed by atoms with Gasteiger partial charge in [0.1, 0.15) is 0 Å². The van der Waals surface area contributed by atoms with Crippen molar-refractivity contribution < 1.29 is 9.53 Å². The van der Waals surface area contributed by atoms with Crippen LogP contribution in [0, 0.1) is 5.92 Å². The smallest absolute Gasteiger partial charge is 0.357 e. The van der Waals surface area contributed by atoms with Gasteiger partial charge in [0.15, 0.2) is 10.8 Å². The van der Waals surface area contributed by atoms with Gasteiger partial charge in [0.2, 0.25) is 0 Å². The van der Waals surface area contributed by atoms with Crippen molar-refractivity contribution >= 4 is 22.4 Å². The molecule has 0 N–H and O–H groups in total. The zero-order valence-electron chi connectivity index (χ0n) is 11.6. The van der Waals surface area contributed by atoms with Crippen LogP contribution in [0.25, 0.3) is 0 Å². The van der Waals surface area contributed by atoms with E-state index in [1.165, 1.54) is 11.3 Å². The van der Waals surface area contributed by atoms with Crippen LogP contribution < -0.4 is 4.90 Å². The molecule has 1 aromatic rings. The number of nitrogens with zero attached hydrogens (tertiary/aromatic N) is 2. The minimum Gasteiger partial charge on any atom is -0.461 e. The molecule has 0 aliphatic carbocycles. The average molecular weight is 270 g/mol. The third-order valence-corrected chi connectivity index (χ3v) is 3.76. The van der Waals surface area contributed by atoms with Crippen molar-refractivity contribution in [1.82, 2.24) is 4.98 Å². The molecule has 0 saturated carbocycles. The summed E-state index contributed by atoms with van der Waals surface area (Å²) in [5.74, 6) is 0.291. The highest BCUT2D eigenvalue weighted by molar-refractivity contribution is 7.13. The van der Waals surface area contributed by atoms with E-state index in [0.29, 0.717) is 18.2 Å². The first-order valence-electron chi connectivity index (χ1n) is 6.49. The Hall–Kier alpha value is -1.10. The van der Waals surface area contributed by atoms with Crippen LogP contribution in [0.1, 0.15) is 44.6 Å². The molecular weight excluding hydrogens is 248 g/mol. The minimum absolute atomic E-state index is 0.334. The summed E-state index contributed by atoms with van der Waals surface area (Å²) in [5.41, 5.74) is 0.416. The van der Waals surface area contributed by atoms with Gasteiger partial charge >= 0.3 is 5.97 Å². The maximum Gasteiger partial charge on any atom is 0.357 e. The largest absolute Gasteiger partial charge is 0.461 e. The molecule has 0 amide bonds. The first kappa shape index (κ1) is 15.0. The van der Waals surface area contributed by atoms with E-state index >= 15 is 0 Å². The molecule has 1 heterocycles. The van der Waals surface area contributed by atoms with Gasteiger partial charge in [0, 0.05) is 18.5 Å². The summed E-state index contributed by atoms with van der Waals surface area (Å²) in [5, 5.41) is 2.67. The number of rotatable bonds is 7. The fourth-order valence-corrected chi connectivity index (χ4v) is 2.43. The molecule has 5 heteroatoms. The first-order chi connectivity index (χ1) is 8.62. The SMILES string of the molecule is CCOC(=O)c1csc(N(CC)CC(C)CC)n1. The molecule has 1 rings (SSSR count). The lowest BCUT2D eigenvalue weighted by atomic mass is 10.1. The van der Waals surface area contributed by atoms with Crippen LogP contribution in [-0.4, -0.2) is 30.6 Å². The van der Waals surface area contributed by atoms with Gasteiger partial charge in [-0.1, -0.05) is 20.3 Å². The fraction of sp³-hybridized carbons (Fsp3) is 0.692. The fourth-order valence-electron chi connectivity index (χ4n) is 1.56. The molecule has 18 heavy (non-hydrogen) atoms. The molecule has 1 aromatic heterocycles. The van der Waals surface area contributed by atoms with Gasteiger partial charge < -0.3 is 9.64 Å².